The number of rotatable bonds is 4. The molecule has 2 N–H and O–H groups in total. The molecule has 7 heteroatoms. The van der Waals surface area contributed by atoms with Crippen molar-refractivity contribution in [1.82, 2.24) is 25.4 Å². The van der Waals surface area contributed by atoms with Crippen molar-refractivity contribution in [2.75, 3.05) is 7.05 Å². The molecule has 1 aromatic carbocycles. The van der Waals surface area contributed by atoms with Crippen molar-refractivity contribution in [3.63, 3.8) is 0 Å². The zero-order valence-electron chi connectivity index (χ0n) is 16.1. The van der Waals surface area contributed by atoms with Gasteiger partial charge in [0.15, 0.2) is 11.8 Å². The average molecular weight is 370 g/mol. The summed E-state index contributed by atoms with van der Waals surface area (Å²) in [5.74, 6) is 3.19. The second-order valence-corrected chi connectivity index (χ2v) is 7.79. The molecule has 1 aliphatic heterocycles. The molecule has 144 valence electrons. The molecular formula is C20H27FN6. The number of aryl methyl sites for hydroxylation is 1. The van der Waals surface area contributed by atoms with Crippen molar-refractivity contribution >= 4 is 5.96 Å². The van der Waals surface area contributed by atoms with E-state index in [2.05, 4.69) is 39.6 Å². The van der Waals surface area contributed by atoms with Crippen LogP contribution in [0.25, 0.3) is 0 Å². The molecule has 0 spiro atoms. The monoisotopic (exact) mass is 370 g/mol. The van der Waals surface area contributed by atoms with Crippen LogP contribution in [0.1, 0.15) is 55.7 Å². The van der Waals surface area contributed by atoms with Crippen LogP contribution >= 0.6 is 0 Å². The fourth-order valence-electron chi connectivity index (χ4n) is 3.70. The second kappa shape index (κ2) is 7.29. The molecule has 2 aromatic rings. The van der Waals surface area contributed by atoms with Gasteiger partial charge in [-0.25, -0.2) is 14.1 Å². The van der Waals surface area contributed by atoms with Crippen LogP contribution in [-0.2, 0) is 13.0 Å². The highest BCUT2D eigenvalue weighted by molar-refractivity contribution is 5.80. The minimum absolute atomic E-state index is 0.123. The number of fused-ring (bicyclic) bond motifs is 1. The number of nitrogens with zero attached hydrogens (tertiary/aromatic N) is 4. The molecule has 0 amide bonds. The molecule has 0 radical (unpaired) electrons. The Morgan fingerprint density at radius 2 is 2.11 bits per heavy atom. The van der Waals surface area contributed by atoms with Gasteiger partial charge in [-0.05, 0) is 24.5 Å². The minimum Gasteiger partial charge on any atom is -0.353 e. The molecule has 6 nitrogen and oxygen atoms in total. The smallest absolute Gasteiger partial charge is 0.191 e. The Hall–Kier alpha value is -2.44. The highest BCUT2D eigenvalue weighted by atomic mass is 19.1. The molecule has 1 fully saturated rings. The minimum atomic E-state index is -0.123. The van der Waals surface area contributed by atoms with Crippen LogP contribution in [0.2, 0.25) is 0 Å². The maximum absolute atomic E-state index is 14.0. The molecule has 27 heavy (non-hydrogen) atoms. The largest absolute Gasteiger partial charge is 0.353 e. The first kappa shape index (κ1) is 17.9. The summed E-state index contributed by atoms with van der Waals surface area (Å²) in [7, 11) is 1.77. The van der Waals surface area contributed by atoms with Gasteiger partial charge in [0.05, 0.1) is 6.54 Å². The molecule has 3 unspecified atom stereocenters. The van der Waals surface area contributed by atoms with Gasteiger partial charge < -0.3 is 10.6 Å². The number of halogens is 1. The van der Waals surface area contributed by atoms with Crippen LogP contribution < -0.4 is 10.6 Å². The Kier molecular flexibility index (Phi) is 4.85. The zero-order chi connectivity index (χ0) is 19.0. The van der Waals surface area contributed by atoms with Crippen molar-refractivity contribution in [2.45, 2.75) is 63.6 Å². The van der Waals surface area contributed by atoms with E-state index in [1.807, 2.05) is 16.8 Å². The first-order chi connectivity index (χ1) is 13.0. The molecule has 3 atom stereocenters. The van der Waals surface area contributed by atoms with E-state index in [-0.39, 0.29) is 23.8 Å². The van der Waals surface area contributed by atoms with Gasteiger partial charge in [0.1, 0.15) is 11.6 Å². The molecular weight excluding hydrogens is 343 g/mol. The van der Waals surface area contributed by atoms with Crippen LogP contribution in [0.5, 0.6) is 0 Å². The lowest BCUT2D eigenvalue weighted by atomic mass is 10.1. The predicted octanol–water partition coefficient (Wildman–Crippen LogP) is 2.58. The van der Waals surface area contributed by atoms with E-state index in [1.54, 1.807) is 13.1 Å². The molecule has 0 saturated heterocycles. The quantitative estimate of drug-likeness (QED) is 0.641. The Labute approximate surface area is 159 Å². The second-order valence-electron chi connectivity index (χ2n) is 7.79. The average Bonchev–Trinajstić information content (AvgIpc) is 3.27. The number of guanidine groups is 1. The zero-order valence-corrected chi connectivity index (χ0v) is 16.1. The highest BCUT2D eigenvalue weighted by Gasteiger charge is 2.40. The van der Waals surface area contributed by atoms with Crippen LogP contribution in [-0.4, -0.2) is 39.9 Å². The van der Waals surface area contributed by atoms with E-state index in [1.165, 1.54) is 6.07 Å². The first-order valence-electron chi connectivity index (χ1n) is 9.73. The van der Waals surface area contributed by atoms with Gasteiger partial charge in [-0.15, -0.1) is 0 Å². The lowest BCUT2D eigenvalue weighted by Gasteiger charge is -2.25. The van der Waals surface area contributed by atoms with Gasteiger partial charge in [-0.3, -0.25) is 4.99 Å². The Balaban J connectivity index is 1.34. The third kappa shape index (κ3) is 3.82. The molecule has 2 heterocycles. The summed E-state index contributed by atoms with van der Waals surface area (Å²) in [5, 5.41) is 11.6. The van der Waals surface area contributed by atoms with E-state index >= 15 is 0 Å². The standard InChI is InChI=1S/C20H27FN6/c1-12(2)19-25-18-9-8-13(11-27(18)26-19)23-20(22-3)24-17-10-15(17)14-6-4-5-7-16(14)21/h4-7,12-13,15,17H,8-11H2,1-3H3,(H2,22,23,24). The maximum Gasteiger partial charge on any atom is 0.191 e. The number of nitrogens with one attached hydrogen (secondary N) is 2. The van der Waals surface area contributed by atoms with Gasteiger partial charge >= 0.3 is 0 Å². The van der Waals surface area contributed by atoms with Gasteiger partial charge in [-0.2, -0.15) is 5.10 Å². The summed E-state index contributed by atoms with van der Waals surface area (Å²) in [6.07, 6.45) is 2.84. The molecule has 1 aromatic heterocycles. The van der Waals surface area contributed by atoms with E-state index in [4.69, 9.17) is 0 Å². The fourth-order valence-corrected chi connectivity index (χ4v) is 3.70. The molecule has 1 aliphatic carbocycles. The van der Waals surface area contributed by atoms with Crippen LogP contribution in [0, 0.1) is 5.82 Å². The highest BCUT2D eigenvalue weighted by Crippen LogP contribution is 2.41. The number of aliphatic imine (C=N–C) groups is 1. The normalized spacial score (nSPS) is 24.6. The first-order valence-corrected chi connectivity index (χ1v) is 9.73. The van der Waals surface area contributed by atoms with Gasteiger partial charge in [-0.1, -0.05) is 32.0 Å². The number of aromatic nitrogens is 3. The lowest BCUT2D eigenvalue weighted by molar-refractivity contribution is 0.391. The predicted molar refractivity (Wildman–Crippen MR) is 103 cm³/mol. The summed E-state index contributed by atoms with van der Waals surface area (Å²) in [5.41, 5.74) is 0.789. The summed E-state index contributed by atoms with van der Waals surface area (Å²) in [6.45, 7) is 5.02. The van der Waals surface area contributed by atoms with E-state index in [0.29, 0.717) is 5.92 Å². The fraction of sp³-hybridized carbons (Fsp3) is 0.550. The van der Waals surface area contributed by atoms with Crippen LogP contribution in [0.3, 0.4) is 0 Å². The summed E-state index contributed by atoms with van der Waals surface area (Å²) < 4.78 is 16.0. The van der Waals surface area contributed by atoms with E-state index < -0.39 is 0 Å². The topological polar surface area (TPSA) is 67.1 Å². The SMILES string of the molecule is CN=C(NC1CCc2nc(C(C)C)nn2C1)NC1CC1c1ccccc1F. The number of benzene rings is 1. The lowest BCUT2D eigenvalue weighted by Crippen LogP contribution is -2.47. The van der Waals surface area contributed by atoms with Crippen molar-refractivity contribution < 1.29 is 4.39 Å². The summed E-state index contributed by atoms with van der Waals surface area (Å²) in [6, 6.07) is 7.51. The third-order valence-electron chi connectivity index (χ3n) is 5.37. The summed E-state index contributed by atoms with van der Waals surface area (Å²) in [4.78, 5) is 8.99. The van der Waals surface area contributed by atoms with E-state index in [9.17, 15) is 4.39 Å². The Bertz CT molecular complexity index is 843. The molecule has 4 rings (SSSR count). The van der Waals surface area contributed by atoms with E-state index in [0.717, 1.165) is 49.0 Å². The van der Waals surface area contributed by atoms with Gasteiger partial charge in [0.2, 0.25) is 0 Å². The maximum atomic E-state index is 14.0. The third-order valence-corrected chi connectivity index (χ3v) is 5.37. The Morgan fingerprint density at radius 3 is 2.85 bits per heavy atom. The van der Waals surface area contributed by atoms with Crippen molar-refractivity contribution in [3.05, 3.63) is 47.3 Å². The van der Waals surface area contributed by atoms with Crippen LogP contribution in [0.15, 0.2) is 29.3 Å². The Morgan fingerprint density at radius 1 is 1.30 bits per heavy atom. The molecule has 0 bridgehead atoms. The summed E-state index contributed by atoms with van der Waals surface area (Å²) >= 11 is 0. The van der Waals surface area contributed by atoms with Crippen molar-refractivity contribution in [2.24, 2.45) is 4.99 Å². The van der Waals surface area contributed by atoms with Crippen molar-refractivity contribution in [3.8, 4) is 0 Å². The van der Waals surface area contributed by atoms with Crippen molar-refractivity contribution in [1.29, 1.82) is 0 Å². The number of hydrogen-bond donors (Lipinski definition) is 2. The number of hydrogen-bond acceptors (Lipinski definition) is 3. The van der Waals surface area contributed by atoms with Crippen LogP contribution in [0.4, 0.5) is 4.39 Å². The molecule has 1 saturated carbocycles. The molecule has 2 aliphatic rings. The van der Waals surface area contributed by atoms with Gasteiger partial charge in [0.25, 0.3) is 0 Å². The van der Waals surface area contributed by atoms with Gasteiger partial charge in [0, 0.05) is 37.4 Å².